The Morgan fingerprint density at radius 1 is 1.38 bits per heavy atom. The Hall–Kier alpha value is -2.30. The predicted molar refractivity (Wildman–Crippen MR) is 61.2 cm³/mol. The number of anilines is 1. The molecule has 0 spiro atoms. The SMILES string of the molecule is Cc1cc(N)ccc1-n1ccc(C(N)=O)n1. The maximum Gasteiger partial charge on any atom is 0.269 e. The predicted octanol–water partition coefficient (Wildman–Crippen LogP) is 0.862. The van der Waals surface area contributed by atoms with Crippen LogP contribution in [0.1, 0.15) is 16.1 Å². The van der Waals surface area contributed by atoms with Gasteiger partial charge in [0.2, 0.25) is 0 Å². The molecule has 1 heterocycles. The van der Waals surface area contributed by atoms with Crippen LogP contribution >= 0.6 is 0 Å². The second kappa shape index (κ2) is 3.69. The maximum absolute atomic E-state index is 10.9. The average Bonchev–Trinajstić information content (AvgIpc) is 2.66. The van der Waals surface area contributed by atoms with Crippen LogP contribution in [-0.2, 0) is 0 Å². The lowest BCUT2D eigenvalue weighted by atomic mass is 10.2. The summed E-state index contributed by atoms with van der Waals surface area (Å²) < 4.78 is 1.61. The molecule has 1 aromatic heterocycles. The van der Waals surface area contributed by atoms with Crippen molar-refractivity contribution in [3.8, 4) is 5.69 Å². The Kier molecular flexibility index (Phi) is 2.36. The molecule has 0 saturated carbocycles. The van der Waals surface area contributed by atoms with Crippen molar-refractivity contribution in [2.75, 3.05) is 5.73 Å². The molecule has 0 aliphatic rings. The van der Waals surface area contributed by atoms with Gasteiger partial charge in [-0.05, 0) is 36.8 Å². The van der Waals surface area contributed by atoms with E-state index in [1.54, 1.807) is 23.0 Å². The molecule has 1 aromatic carbocycles. The zero-order valence-corrected chi connectivity index (χ0v) is 8.84. The van der Waals surface area contributed by atoms with E-state index < -0.39 is 5.91 Å². The highest BCUT2D eigenvalue weighted by Crippen LogP contribution is 2.16. The number of nitrogen functional groups attached to an aromatic ring is 1. The first-order chi connectivity index (χ1) is 7.58. The summed E-state index contributed by atoms with van der Waals surface area (Å²) in [7, 11) is 0. The van der Waals surface area contributed by atoms with Gasteiger partial charge in [-0.3, -0.25) is 4.79 Å². The van der Waals surface area contributed by atoms with Gasteiger partial charge in [0.1, 0.15) is 5.69 Å². The zero-order valence-electron chi connectivity index (χ0n) is 8.84. The Morgan fingerprint density at radius 3 is 2.69 bits per heavy atom. The topological polar surface area (TPSA) is 86.9 Å². The average molecular weight is 216 g/mol. The van der Waals surface area contributed by atoms with Crippen LogP contribution in [0.3, 0.4) is 0 Å². The van der Waals surface area contributed by atoms with E-state index in [0.717, 1.165) is 11.3 Å². The van der Waals surface area contributed by atoms with Crippen LogP contribution in [0, 0.1) is 6.92 Å². The number of aryl methyl sites for hydroxylation is 1. The fraction of sp³-hybridized carbons (Fsp3) is 0.0909. The van der Waals surface area contributed by atoms with Crippen molar-refractivity contribution < 1.29 is 4.79 Å². The van der Waals surface area contributed by atoms with Crippen molar-refractivity contribution in [1.82, 2.24) is 9.78 Å². The first-order valence-electron chi connectivity index (χ1n) is 4.80. The molecule has 0 bridgehead atoms. The van der Waals surface area contributed by atoms with Gasteiger partial charge in [-0.15, -0.1) is 0 Å². The summed E-state index contributed by atoms with van der Waals surface area (Å²) in [5, 5.41) is 4.07. The van der Waals surface area contributed by atoms with Gasteiger partial charge in [-0.2, -0.15) is 5.10 Å². The lowest BCUT2D eigenvalue weighted by Gasteiger charge is -2.06. The van der Waals surface area contributed by atoms with Crippen LogP contribution in [0.4, 0.5) is 5.69 Å². The first kappa shape index (κ1) is 10.2. The highest BCUT2D eigenvalue weighted by molar-refractivity contribution is 5.90. The Balaban J connectivity index is 2.46. The van der Waals surface area contributed by atoms with Crippen molar-refractivity contribution in [3.63, 3.8) is 0 Å². The Labute approximate surface area is 92.7 Å². The third kappa shape index (κ3) is 1.75. The monoisotopic (exact) mass is 216 g/mol. The van der Waals surface area contributed by atoms with Crippen molar-refractivity contribution in [3.05, 3.63) is 41.7 Å². The largest absolute Gasteiger partial charge is 0.399 e. The number of nitrogens with two attached hydrogens (primary N) is 2. The minimum absolute atomic E-state index is 0.247. The summed E-state index contributed by atoms with van der Waals surface area (Å²) in [4.78, 5) is 10.9. The van der Waals surface area contributed by atoms with Crippen molar-refractivity contribution in [1.29, 1.82) is 0 Å². The number of amides is 1. The number of hydrogen-bond acceptors (Lipinski definition) is 3. The summed E-state index contributed by atoms with van der Waals surface area (Å²) in [6, 6.07) is 7.06. The number of rotatable bonds is 2. The smallest absolute Gasteiger partial charge is 0.269 e. The summed E-state index contributed by atoms with van der Waals surface area (Å²) in [6.07, 6.45) is 1.69. The Bertz CT molecular complexity index is 545. The van der Waals surface area contributed by atoms with Crippen LogP contribution in [-0.4, -0.2) is 15.7 Å². The van der Waals surface area contributed by atoms with Gasteiger partial charge in [0.05, 0.1) is 5.69 Å². The van der Waals surface area contributed by atoms with E-state index in [1.807, 2.05) is 19.1 Å². The molecule has 0 atom stereocenters. The van der Waals surface area contributed by atoms with E-state index in [0.29, 0.717) is 5.69 Å². The van der Waals surface area contributed by atoms with Crippen molar-refractivity contribution in [2.45, 2.75) is 6.92 Å². The molecule has 5 heteroatoms. The zero-order chi connectivity index (χ0) is 11.7. The summed E-state index contributed by atoms with van der Waals surface area (Å²) in [6.45, 7) is 1.93. The number of carbonyl (C=O) groups is 1. The van der Waals surface area contributed by atoms with Crippen LogP contribution in [0.5, 0.6) is 0 Å². The molecule has 2 aromatic rings. The molecule has 0 aliphatic carbocycles. The van der Waals surface area contributed by atoms with Crippen LogP contribution < -0.4 is 11.5 Å². The molecule has 0 saturated heterocycles. The normalized spacial score (nSPS) is 10.3. The number of benzene rings is 1. The molecule has 0 aliphatic heterocycles. The molecule has 4 N–H and O–H groups in total. The molecule has 0 unspecified atom stereocenters. The van der Waals surface area contributed by atoms with Gasteiger partial charge in [0.25, 0.3) is 5.91 Å². The molecular weight excluding hydrogens is 204 g/mol. The van der Waals surface area contributed by atoms with E-state index >= 15 is 0 Å². The number of hydrogen-bond donors (Lipinski definition) is 2. The van der Waals surface area contributed by atoms with Crippen molar-refractivity contribution in [2.24, 2.45) is 5.73 Å². The highest BCUT2D eigenvalue weighted by atomic mass is 16.1. The highest BCUT2D eigenvalue weighted by Gasteiger charge is 2.07. The second-order valence-corrected chi connectivity index (χ2v) is 3.56. The molecule has 0 radical (unpaired) electrons. The van der Waals surface area contributed by atoms with Gasteiger partial charge >= 0.3 is 0 Å². The molecular formula is C11H12N4O. The molecule has 5 nitrogen and oxygen atoms in total. The second-order valence-electron chi connectivity index (χ2n) is 3.56. The third-order valence-corrected chi connectivity index (χ3v) is 2.31. The molecule has 16 heavy (non-hydrogen) atoms. The summed E-state index contributed by atoms with van der Waals surface area (Å²) >= 11 is 0. The first-order valence-corrected chi connectivity index (χ1v) is 4.80. The minimum atomic E-state index is -0.535. The van der Waals surface area contributed by atoms with Gasteiger partial charge in [-0.25, -0.2) is 4.68 Å². The van der Waals surface area contributed by atoms with E-state index in [1.165, 1.54) is 0 Å². The van der Waals surface area contributed by atoms with Crippen LogP contribution in [0.25, 0.3) is 5.69 Å². The van der Waals surface area contributed by atoms with E-state index in [2.05, 4.69) is 5.10 Å². The standard InChI is InChI=1S/C11H12N4O/c1-7-6-8(12)2-3-10(7)15-5-4-9(14-15)11(13)16/h2-6H,12H2,1H3,(H2,13,16). The quantitative estimate of drug-likeness (QED) is 0.730. The number of carbonyl (C=O) groups excluding carboxylic acids is 1. The van der Waals surface area contributed by atoms with Crippen LogP contribution in [0.15, 0.2) is 30.5 Å². The fourth-order valence-corrected chi connectivity index (χ4v) is 1.53. The molecule has 82 valence electrons. The van der Waals surface area contributed by atoms with E-state index in [9.17, 15) is 4.79 Å². The number of aromatic nitrogens is 2. The summed E-state index contributed by atoms with van der Waals surface area (Å²) in [5.74, 6) is -0.535. The number of primary amides is 1. The van der Waals surface area contributed by atoms with Crippen LogP contribution in [0.2, 0.25) is 0 Å². The molecule has 0 fully saturated rings. The van der Waals surface area contributed by atoms with Gasteiger partial charge in [0, 0.05) is 11.9 Å². The van der Waals surface area contributed by atoms with Gasteiger partial charge in [-0.1, -0.05) is 0 Å². The van der Waals surface area contributed by atoms with Crippen molar-refractivity contribution >= 4 is 11.6 Å². The molecule has 2 rings (SSSR count). The van der Waals surface area contributed by atoms with Gasteiger partial charge in [0.15, 0.2) is 0 Å². The van der Waals surface area contributed by atoms with Gasteiger partial charge < -0.3 is 11.5 Å². The van der Waals surface area contributed by atoms with E-state index in [-0.39, 0.29) is 5.69 Å². The Morgan fingerprint density at radius 2 is 2.12 bits per heavy atom. The third-order valence-electron chi connectivity index (χ3n) is 2.31. The lowest BCUT2D eigenvalue weighted by Crippen LogP contribution is -2.12. The maximum atomic E-state index is 10.9. The number of nitrogens with zero attached hydrogens (tertiary/aromatic N) is 2. The summed E-state index contributed by atoms with van der Waals surface area (Å²) in [5.41, 5.74) is 13.6. The molecule has 1 amide bonds. The fourth-order valence-electron chi connectivity index (χ4n) is 1.53. The van der Waals surface area contributed by atoms with E-state index in [4.69, 9.17) is 11.5 Å². The lowest BCUT2D eigenvalue weighted by molar-refractivity contribution is 0.0995. The minimum Gasteiger partial charge on any atom is -0.399 e.